The smallest absolute Gasteiger partial charge is 0.325 e. The maximum absolute atomic E-state index is 13.1. The van der Waals surface area contributed by atoms with Gasteiger partial charge in [-0.1, -0.05) is 37.3 Å². The minimum absolute atomic E-state index is 0.377. The van der Waals surface area contributed by atoms with Gasteiger partial charge in [-0.25, -0.2) is 4.79 Å². The second kappa shape index (κ2) is 7.46. The van der Waals surface area contributed by atoms with Crippen molar-refractivity contribution in [3.63, 3.8) is 0 Å². The van der Waals surface area contributed by atoms with Crippen LogP contribution in [0, 0.1) is 0 Å². The molecule has 4 amide bonds. The van der Waals surface area contributed by atoms with E-state index in [-0.39, 0.29) is 6.54 Å². The summed E-state index contributed by atoms with van der Waals surface area (Å²) in [4.78, 5) is 39.0. The molecule has 0 unspecified atom stereocenters. The molecule has 2 heterocycles. The zero-order chi connectivity index (χ0) is 20.4. The van der Waals surface area contributed by atoms with Crippen molar-refractivity contribution < 1.29 is 23.9 Å². The highest BCUT2D eigenvalue weighted by Gasteiger charge is 2.51. The number of amides is 4. The topological polar surface area (TPSA) is 97.0 Å². The van der Waals surface area contributed by atoms with Crippen LogP contribution in [-0.4, -0.2) is 42.5 Å². The lowest BCUT2D eigenvalue weighted by molar-refractivity contribution is -0.134. The molecule has 1 atom stereocenters. The van der Waals surface area contributed by atoms with Crippen LogP contribution in [0.15, 0.2) is 48.5 Å². The molecule has 4 rings (SSSR count). The Morgan fingerprint density at radius 1 is 1.10 bits per heavy atom. The van der Waals surface area contributed by atoms with Gasteiger partial charge in [-0.3, -0.25) is 14.5 Å². The number of urea groups is 1. The Bertz CT molecular complexity index is 962. The molecule has 2 aliphatic rings. The average Bonchev–Trinajstić information content (AvgIpc) is 2.99. The second-order valence-electron chi connectivity index (χ2n) is 6.85. The van der Waals surface area contributed by atoms with Gasteiger partial charge in [0.1, 0.15) is 25.3 Å². The third-order valence-corrected chi connectivity index (χ3v) is 5.10. The number of carbonyl (C=O) groups is 3. The van der Waals surface area contributed by atoms with Crippen LogP contribution in [-0.2, 0) is 15.1 Å². The third kappa shape index (κ3) is 3.37. The zero-order valence-corrected chi connectivity index (χ0v) is 15.9. The maximum atomic E-state index is 13.1. The first-order valence-corrected chi connectivity index (χ1v) is 9.42. The molecule has 2 aromatic carbocycles. The van der Waals surface area contributed by atoms with Crippen molar-refractivity contribution in [2.24, 2.45) is 0 Å². The normalized spacial score (nSPS) is 20.4. The summed E-state index contributed by atoms with van der Waals surface area (Å²) in [5, 5.41) is 5.46. The van der Waals surface area contributed by atoms with Gasteiger partial charge in [0.25, 0.3) is 5.91 Å². The van der Waals surface area contributed by atoms with E-state index in [1.165, 1.54) is 0 Å². The van der Waals surface area contributed by atoms with Crippen LogP contribution in [0.1, 0.15) is 18.9 Å². The largest absolute Gasteiger partial charge is 0.486 e. The van der Waals surface area contributed by atoms with Gasteiger partial charge in [0, 0.05) is 11.8 Å². The first-order valence-electron chi connectivity index (χ1n) is 9.42. The molecular formula is C21H21N3O5. The van der Waals surface area contributed by atoms with Gasteiger partial charge in [-0.15, -0.1) is 0 Å². The Morgan fingerprint density at radius 3 is 2.55 bits per heavy atom. The molecular weight excluding hydrogens is 374 g/mol. The molecule has 150 valence electrons. The van der Waals surface area contributed by atoms with Gasteiger partial charge in [-0.2, -0.15) is 0 Å². The van der Waals surface area contributed by atoms with E-state index in [1.54, 1.807) is 30.3 Å². The summed E-state index contributed by atoms with van der Waals surface area (Å²) in [7, 11) is 0. The number of anilines is 1. The number of hydrogen-bond acceptors (Lipinski definition) is 5. The third-order valence-electron chi connectivity index (χ3n) is 5.10. The molecule has 29 heavy (non-hydrogen) atoms. The Hall–Kier alpha value is -3.55. The summed E-state index contributed by atoms with van der Waals surface area (Å²) < 4.78 is 11.0. The molecule has 1 saturated heterocycles. The number of fused-ring (bicyclic) bond motifs is 1. The summed E-state index contributed by atoms with van der Waals surface area (Å²) in [6.45, 7) is 2.36. The standard InChI is InChI=1S/C21H21N3O5/c1-2-21(14-6-4-3-5-7-14)19(26)24(20(27)23-21)13-18(25)22-15-8-9-16-17(12-15)29-11-10-28-16/h3-9,12H,2,10-11,13H2,1H3,(H,22,25)(H,23,27)/t21-/m0/s1. The monoisotopic (exact) mass is 395 g/mol. The SMILES string of the molecule is CC[C@@]1(c2ccccc2)NC(=O)N(CC(=O)Nc2ccc3c(c2)OCCO3)C1=O. The number of nitrogens with zero attached hydrogens (tertiary/aromatic N) is 1. The lowest BCUT2D eigenvalue weighted by Gasteiger charge is -2.25. The lowest BCUT2D eigenvalue weighted by Crippen LogP contribution is -2.44. The van der Waals surface area contributed by atoms with E-state index in [1.807, 2.05) is 25.1 Å². The molecule has 0 aromatic heterocycles. The van der Waals surface area contributed by atoms with Crippen molar-refractivity contribution in [3.05, 3.63) is 54.1 Å². The highest BCUT2D eigenvalue weighted by Crippen LogP contribution is 2.34. The van der Waals surface area contributed by atoms with Crippen molar-refractivity contribution >= 4 is 23.5 Å². The van der Waals surface area contributed by atoms with Crippen molar-refractivity contribution in [1.82, 2.24) is 10.2 Å². The predicted octanol–water partition coefficient (Wildman–Crippen LogP) is 2.25. The fourth-order valence-corrected chi connectivity index (χ4v) is 3.60. The number of ether oxygens (including phenoxy) is 2. The zero-order valence-electron chi connectivity index (χ0n) is 15.9. The van der Waals surface area contributed by atoms with Crippen molar-refractivity contribution in [3.8, 4) is 11.5 Å². The number of benzene rings is 2. The molecule has 0 radical (unpaired) electrons. The van der Waals surface area contributed by atoms with Crippen LogP contribution in [0.25, 0.3) is 0 Å². The van der Waals surface area contributed by atoms with Crippen molar-refractivity contribution in [2.75, 3.05) is 25.1 Å². The van der Waals surface area contributed by atoms with Crippen LogP contribution < -0.4 is 20.1 Å². The van der Waals surface area contributed by atoms with Crippen molar-refractivity contribution in [2.45, 2.75) is 18.9 Å². The number of imide groups is 1. The molecule has 0 saturated carbocycles. The highest BCUT2D eigenvalue weighted by atomic mass is 16.6. The predicted molar refractivity (Wildman–Crippen MR) is 105 cm³/mol. The van der Waals surface area contributed by atoms with Crippen LogP contribution in [0.5, 0.6) is 11.5 Å². The van der Waals surface area contributed by atoms with Gasteiger partial charge in [0.15, 0.2) is 11.5 Å². The Balaban J connectivity index is 1.48. The Morgan fingerprint density at radius 2 is 1.83 bits per heavy atom. The molecule has 2 aliphatic heterocycles. The quantitative estimate of drug-likeness (QED) is 0.757. The Kier molecular flexibility index (Phi) is 4.84. The van der Waals surface area contributed by atoms with Crippen LogP contribution in [0.4, 0.5) is 10.5 Å². The number of hydrogen-bond donors (Lipinski definition) is 2. The Labute approximate surface area is 167 Å². The first kappa shape index (κ1) is 18.8. The summed E-state index contributed by atoms with van der Waals surface area (Å²) >= 11 is 0. The van der Waals surface area contributed by atoms with E-state index in [0.29, 0.717) is 42.4 Å². The summed E-state index contributed by atoms with van der Waals surface area (Å²) in [6, 6.07) is 13.5. The molecule has 8 nitrogen and oxygen atoms in total. The summed E-state index contributed by atoms with van der Waals surface area (Å²) in [5.74, 6) is 0.232. The molecule has 0 aliphatic carbocycles. The molecule has 2 N–H and O–H groups in total. The van der Waals surface area contributed by atoms with Gasteiger partial charge < -0.3 is 20.1 Å². The van der Waals surface area contributed by atoms with E-state index in [2.05, 4.69) is 10.6 Å². The van der Waals surface area contributed by atoms with Crippen LogP contribution in [0.2, 0.25) is 0 Å². The van der Waals surface area contributed by atoms with E-state index in [0.717, 1.165) is 4.90 Å². The van der Waals surface area contributed by atoms with E-state index in [4.69, 9.17) is 9.47 Å². The van der Waals surface area contributed by atoms with Crippen LogP contribution in [0.3, 0.4) is 0 Å². The first-order chi connectivity index (χ1) is 14.0. The highest BCUT2D eigenvalue weighted by molar-refractivity contribution is 6.10. The van der Waals surface area contributed by atoms with E-state index in [9.17, 15) is 14.4 Å². The fourth-order valence-electron chi connectivity index (χ4n) is 3.60. The van der Waals surface area contributed by atoms with Gasteiger partial charge in [0.2, 0.25) is 5.91 Å². The summed E-state index contributed by atoms with van der Waals surface area (Å²) in [6.07, 6.45) is 0.377. The molecule has 1 fully saturated rings. The van der Waals surface area contributed by atoms with Crippen molar-refractivity contribution in [1.29, 1.82) is 0 Å². The fraction of sp³-hybridized carbons (Fsp3) is 0.286. The maximum Gasteiger partial charge on any atom is 0.325 e. The van der Waals surface area contributed by atoms with E-state index >= 15 is 0 Å². The molecule has 0 spiro atoms. The van der Waals surface area contributed by atoms with E-state index < -0.39 is 23.4 Å². The minimum atomic E-state index is -1.16. The van der Waals surface area contributed by atoms with Gasteiger partial charge in [-0.05, 0) is 24.1 Å². The minimum Gasteiger partial charge on any atom is -0.486 e. The molecule has 0 bridgehead atoms. The van der Waals surface area contributed by atoms with Gasteiger partial charge >= 0.3 is 6.03 Å². The number of rotatable bonds is 5. The lowest BCUT2D eigenvalue weighted by atomic mass is 9.87. The number of nitrogens with one attached hydrogen (secondary N) is 2. The second-order valence-corrected chi connectivity index (χ2v) is 6.85. The molecule has 8 heteroatoms. The van der Waals surface area contributed by atoms with Gasteiger partial charge in [0.05, 0.1) is 0 Å². The summed E-state index contributed by atoms with van der Waals surface area (Å²) in [5.41, 5.74) is 0.0296. The number of carbonyl (C=O) groups excluding carboxylic acids is 3. The van der Waals surface area contributed by atoms with Crippen LogP contribution >= 0.6 is 0 Å². The average molecular weight is 395 g/mol. The molecule has 2 aromatic rings.